The normalized spacial score (nSPS) is 16.3. The highest BCUT2D eigenvalue weighted by Crippen LogP contribution is 2.39. The first-order valence-corrected chi connectivity index (χ1v) is 11.3. The second kappa shape index (κ2) is 8.82. The Bertz CT molecular complexity index is 1140. The summed E-state index contributed by atoms with van der Waals surface area (Å²) in [6, 6.07) is 13.8. The van der Waals surface area contributed by atoms with E-state index in [0.717, 1.165) is 79.3 Å². The van der Waals surface area contributed by atoms with Crippen molar-refractivity contribution in [2.75, 3.05) is 39.8 Å². The lowest BCUT2D eigenvalue weighted by molar-refractivity contribution is 0.170. The van der Waals surface area contributed by atoms with Gasteiger partial charge in [-0.2, -0.15) is 5.21 Å². The minimum absolute atomic E-state index is 0.119. The molecular formula is C24H29N7O2. The Labute approximate surface area is 193 Å². The molecule has 1 N–H and O–H groups in total. The maximum Gasteiger partial charge on any atom is 0.180 e. The largest absolute Gasteiger partial charge is 0.497 e. The van der Waals surface area contributed by atoms with Crippen LogP contribution in [0.4, 0.5) is 5.69 Å². The molecule has 0 amide bonds. The van der Waals surface area contributed by atoms with Crippen molar-refractivity contribution in [3.8, 4) is 17.2 Å². The molecule has 0 aliphatic carbocycles. The number of para-hydroxylation sites is 2. The molecule has 3 aromatic rings. The van der Waals surface area contributed by atoms with Crippen molar-refractivity contribution >= 4 is 11.5 Å². The van der Waals surface area contributed by atoms with Gasteiger partial charge in [-0.15, -0.1) is 10.2 Å². The summed E-state index contributed by atoms with van der Waals surface area (Å²) in [6.45, 7) is 9.01. The highest BCUT2D eigenvalue weighted by molar-refractivity contribution is 6.04. The van der Waals surface area contributed by atoms with Crippen LogP contribution >= 0.6 is 0 Å². The molecule has 0 unspecified atom stereocenters. The number of amidine groups is 1. The number of nitrogens with zero attached hydrogens (tertiary/aromatic N) is 6. The van der Waals surface area contributed by atoms with Crippen LogP contribution in [0.3, 0.4) is 0 Å². The van der Waals surface area contributed by atoms with E-state index in [9.17, 15) is 0 Å². The lowest BCUT2D eigenvalue weighted by Gasteiger charge is -2.37. The van der Waals surface area contributed by atoms with Crippen molar-refractivity contribution in [1.29, 1.82) is 0 Å². The van der Waals surface area contributed by atoms with Crippen LogP contribution in [0, 0.1) is 0 Å². The van der Waals surface area contributed by atoms with E-state index < -0.39 is 0 Å². The summed E-state index contributed by atoms with van der Waals surface area (Å²) in [6.07, 6.45) is 0.967. The molecule has 0 bridgehead atoms. The van der Waals surface area contributed by atoms with Crippen molar-refractivity contribution in [2.24, 2.45) is 4.99 Å². The molecule has 0 radical (unpaired) electrons. The summed E-state index contributed by atoms with van der Waals surface area (Å²) >= 11 is 0. The van der Waals surface area contributed by atoms with Crippen LogP contribution in [-0.2, 0) is 5.41 Å². The van der Waals surface area contributed by atoms with Crippen LogP contribution in [0.5, 0.6) is 17.2 Å². The molecule has 0 spiro atoms. The third kappa shape index (κ3) is 4.41. The summed E-state index contributed by atoms with van der Waals surface area (Å²) in [4.78, 5) is 9.88. The number of nitrogens with one attached hydrogen (secondary N) is 1. The van der Waals surface area contributed by atoms with Crippen LogP contribution in [0.1, 0.15) is 31.7 Å². The fourth-order valence-corrected chi connectivity index (χ4v) is 4.25. The van der Waals surface area contributed by atoms with Crippen LogP contribution < -0.4 is 9.47 Å². The molecule has 33 heavy (non-hydrogen) atoms. The molecule has 0 saturated carbocycles. The number of tetrazole rings is 1. The Kier molecular flexibility index (Phi) is 5.72. The van der Waals surface area contributed by atoms with Gasteiger partial charge in [0.05, 0.1) is 12.7 Å². The molecule has 1 aromatic heterocycles. The van der Waals surface area contributed by atoms with Crippen LogP contribution in [0.25, 0.3) is 0 Å². The first kappa shape index (κ1) is 21.4. The molecule has 3 heterocycles. The Morgan fingerprint density at radius 2 is 1.88 bits per heavy atom. The lowest BCUT2D eigenvalue weighted by Crippen LogP contribution is -2.49. The minimum atomic E-state index is -0.119. The molecule has 9 nitrogen and oxygen atoms in total. The number of aromatic amines is 1. The van der Waals surface area contributed by atoms with Crippen molar-refractivity contribution in [3.05, 3.63) is 53.9 Å². The number of fused-ring (bicyclic) bond motifs is 2. The van der Waals surface area contributed by atoms with Crippen molar-refractivity contribution in [2.45, 2.75) is 25.7 Å². The smallest absolute Gasteiger partial charge is 0.180 e. The monoisotopic (exact) mass is 447 g/mol. The fourth-order valence-electron chi connectivity index (χ4n) is 4.25. The van der Waals surface area contributed by atoms with E-state index in [1.54, 1.807) is 7.11 Å². The van der Waals surface area contributed by atoms with Gasteiger partial charge in [-0.05, 0) is 43.3 Å². The van der Waals surface area contributed by atoms with Gasteiger partial charge in [0.15, 0.2) is 11.6 Å². The Morgan fingerprint density at radius 3 is 2.64 bits per heavy atom. The van der Waals surface area contributed by atoms with Gasteiger partial charge < -0.3 is 14.4 Å². The zero-order valence-electron chi connectivity index (χ0n) is 19.3. The van der Waals surface area contributed by atoms with Gasteiger partial charge in [0.25, 0.3) is 0 Å². The van der Waals surface area contributed by atoms with E-state index >= 15 is 0 Å². The number of benzene rings is 2. The van der Waals surface area contributed by atoms with Crippen molar-refractivity contribution in [3.63, 3.8) is 0 Å². The summed E-state index contributed by atoms with van der Waals surface area (Å²) < 4.78 is 11.7. The van der Waals surface area contributed by atoms with E-state index in [0.29, 0.717) is 0 Å². The topological polar surface area (TPSA) is 91.8 Å². The SMILES string of the molecule is COc1ccc2c(c1)C(N1CCN(CCC(C)(C)c3nn[nH]n3)CC1)=Nc1ccccc1O2. The summed E-state index contributed by atoms with van der Waals surface area (Å²) in [5, 5.41) is 14.6. The van der Waals surface area contributed by atoms with Gasteiger partial charge in [0.2, 0.25) is 0 Å². The van der Waals surface area contributed by atoms with Crippen LogP contribution in [0.2, 0.25) is 0 Å². The summed E-state index contributed by atoms with van der Waals surface area (Å²) in [5.41, 5.74) is 1.68. The van der Waals surface area contributed by atoms with Gasteiger partial charge >= 0.3 is 0 Å². The third-order valence-corrected chi connectivity index (χ3v) is 6.41. The van der Waals surface area contributed by atoms with Gasteiger partial charge in [0, 0.05) is 31.6 Å². The van der Waals surface area contributed by atoms with E-state index in [-0.39, 0.29) is 5.41 Å². The molecule has 1 fully saturated rings. The number of aliphatic imine (C=N–C) groups is 1. The molecule has 2 aliphatic heterocycles. The molecule has 2 aromatic carbocycles. The number of H-pyrrole nitrogens is 1. The van der Waals surface area contributed by atoms with E-state index in [1.165, 1.54) is 0 Å². The van der Waals surface area contributed by atoms with Gasteiger partial charge in [-0.3, -0.25) is 4.90 Å². The molecule has 9 heteroatoms. The average Bonchev–Trinajstić information content (AvgIpc) is 3.34. The third-order valence-electron chi connectivity index (χ3n) is 6.41. The van der Waals surface area contributed by atoms with Crippen molar-refractivity contribution in [1.82, 2.24) is 30.4 Å². The molecule has 1 saturated heterocycles. The maximum atomic E-state index is 6.23. The standard InChI is InChI=1S/C24H29N7O2/c1-24(2,23-26-28-29-27-23)10-11-30-12-14-31(15-13-30)22-18-16-17(32-3)8-9-20(18)33-21-7-5-4-6-19(21)25-22/h4-9,16H,10-15H2,1-3H3,(H,26,27,28,29). The van der Waals surface area contributed by atoms with Crippen LogP contribution in [0.15, 0.2) is 47.5 Å². The Morgan fingerprint density at radius 1 is 1.06 bits per heavy atom. The molecule has 172 valence electrons. The molecule has 2 aliphatic rings. The zero-order chi connectivity index (χ0) is 22.8. The maximum absolute atomic E-state index is 6.23. The van der Waals surface area contributed by atoms with Gasteiger partial charge in [0.1, 0.15) is 23.0 Å². The second-order valence-corrected chi connectivity index (χ2v) is 9.07. The fraction of sp³-hybridized carbons (Fsp3) is 0.417. The minimum Gasteiger partial charge on any atom is -0.497 e. The lowest BCUT2D eigenvalue weighted by atomic mass is 9.88. The zero-order valence-corrected chi connectivity index (χ0v) is 19.3. The number of methoxy groups -OCH3 is 1. The Hall–Kier alpha value is -3.46. The number of ether oxygens (including phenoxy) is 2. The summed E-state index contributed by atoms with van der Waals surface area (Å²) in [5.74, 6) is 4.04. The number of hydrogen-bond donors (Lipinski definition) is 1. The highest BCUT2D eigenvalue weighted by atomic mass is 16.5. The first-order valence-electron chi connectivity index (χ1n) is 11.3. The molecule has 0 atom stereocenters. The molecular weight excluding hydrogens is 418 g/mol. The number of piperazine rings is 1. The van der Waals surface area contributed by atoms with Crippen LogP contribution in [-0.4, -0.2) is 76.1 Å². The van der Waals surface area contributed by atoms with E-state index in [2.05, 4.69) is 44.3 Å². The van der Waals surface area contributed by atoms with Gasteiger partial charge in [-0.25, -0.2) is 4.99 Å². The van der Waals surface area contributed by atoms with Gasteiger partial charge in [-0.1, -0.05) is 31.2 Å². The second-order valence-electron chi connectivity index (χ2n) is 9.07. The Balaban J connectivity index is 1.33. The first-order chi connectivity index (χ1) is 16.0. The average molecular weight is 448 g/mol. The predicted octanol–water partition coefficient (Wildman–Crippen LogP) is 3.38. The summed E-state index contributed by atoms with van der Waals surface area (Å²) in [7, 11) is 1.68. The number of aromatic nitrogens is 4. The highest BCUT2D eigenvalue weighted by Gasteiger charge is 2.29. The number of hydrogen-bond acceptors (Lipinski definition) is 8. The van der Waals surface area contributed by atoms with E-state index in [1.807, 2.05) is 42.5 Å². The molecule has 5 rings (SSSR count). The van der Waals surface area contributed by atoms with E-state index in [4.69, 9.17) is 14.5 Å². The van der Waals surface area contributed by atoms with Crippen molar-refractivity contribution < 1.29 is 9.47 Å². The number of rotatable bonds is 5. The quantitative estimate of drug-likeness (QED) is 0.641. The predicted molar refractivity (Wildman–Crippen MR) is 126 cm³/mol.